The summed E-state index contributed by atoms with van der Waals surface area (Å²) in [4.78, 5) is 0.204. The van der Waals surface area contributed by atoms with Gasteiger partial charge in [-0.15, -0.1) is 0 Å². The fraction of sp³-hybridized carbons (Fsp3) is 0.571. The van der Waals surface area contributed by atoms with E-state index in [-0.39, 0.29) is 9.92 Å². The zero-order chi connectivity index (χ0) is 13.9. The minimum absolute atomic E-state index is 0.204. The van der Waals surface area contributed by atoms with Gasteiger partial charge in [-0.1, -0.05) is 43.0 Å². The van der Waals surface area contributed by atoms with Crippen LogP contribution >= 0.6 is 11.6 Å². The number of halogens is 1. The largest absolute Gasteiger partial charge is 0.244 e. The number of hydrogen-bond donors (Lipinski definition) is 0. The van der Waals surface area contributed by atoms with Crippen LogP contribution in [0.5, 0.6) is 0 Å². The van der Waals surface area contributed by atoms with Gasteiger partial charge >= 0.3 is 0 Å². The number of hydrogen-bond acceptors (Lipinski definition) is 2. The van der Waals surface area contributed by atoms with Crippen LogP contribution in [0.2, 0.25) is 5.02 Å². The molecule has 0 heterocycles. The van der Waals surface area contributed by atoms with E-state index in [1.54, 1.807) is 31.3 Å². The van der Waals surface area contributed by atoms with Gasteiger partial charge in [0, 0.05) is 13.6 Å². The third-order valence-electron chi connectivity index (χ3n) is 3.76. The number of benzene rings is 1. The first-order chi connectivity index (χ1) is 9.01. The highest BCUT2D eigenvalue weighted by Crippen LogP contribution is 2.28. The summed E-state index contributed by atoms with van der Waals surface area (Å²) < 4.78 is 26.4. The first-order valence-electron chi connectivity index (χ1n) is 6.72. The van der Waals surface area contributed by atoms with Gasteiger partial charge in [0.25, 0.3) is 0 Å². The van der Waals surface area contributed by atoms with Gasteiger partial charge in [-0.25, -0.2) is 12.7 Å². The summed E-state index contributed by atoms with van der Waals surface area (Å²) in [6, 6.07) is 6.62. The molecular formula is C14H20ClNO2S. The molecule has 1 aliphatic rings. The predicted octanol–water partition coefficient (Wildman–Crippen LogP) is 3.54. The van der Waals surface area contributed by atoms with Crippen LogP contribution in [0.4, 0.5) is 0 Å². The smallest absolute Gasteiger partial charge is 0.207 e. The molecule has 1 fully saturated rings. The molecule has 3 nitrogen and oxygen atoms in total. The highest BCUT2D eigenvalue weighted by Gasteiger charge is 2.26. The average molecular weight is 302 g/mol. The summed E-state index contributed by atoms with van der Waals surface area (Å²) in [5.74, 6) is 0.482. The lowest BCUT2D eigenvalue weighted by molar-refractivity contribution is 0.300. The molecule has 106 valence electrons. The molecule has 0 amide bonds. The molecule has 0 bridgehead atoms. The molecule has 0 radical (unpaired) electrons. The molecule has 1 saturated carbocycles. The van der Waals surface area contributed by atoms with Gasteiger partial charge in [-0.3, -0.25) is 0 Å². The molecule has 0 saturated heterocycles. The van der Waals surface area contributed by atoms with Crippen LogP contribution in [0.1, 0.15) is 32.1 Å². The molecule has 1 aromatic rings. The van der Waals surface area contributed by atoms with E-state index < -0.39 is 10.0 Å². The van der Waals surface area contributed by atoms with Gasteiger partial charge in [-0.05, 0) is 30.9 Å². The zero-order valence-electron chi connectivity index (χ0n) is 11.2. The third-order valence-corrected chi connectivity index (χ3v) is 6.09. The van der Waals surface area contributed by atoms with Gasteiger partial charge in [0.2, 0.25) is 10.0 Å². The Morgan fingerprint density at radius 1 is 1.21 bits per heavy atom. The normalized spacial score (nSPS) is 17.8. The van der Waals surface area contributed by atoms with Crippen LogP contribution in [0.25, 0.3) is 0 Å². The summed E-state index contributed by atoms with van der Waals surface area (Å²) in [5.41, 5.74) is 0. The highest BCUT2D eigenvalue weighted by molar-refractivity contribution is 7.89. The van der Waals surface area contributed by atoms with Gasteiger partial charge in [0.1, 0.15) is 4.90 Å². The first kappa shape index (κ1) is 14.8. The Morgan fingerprint density at radius 2 is 1.84 bits per heavy atom. The second kappa shape index (κ2) is 6.25. The Morgan fingerprint density at radius 3 is 2.47 bits per heavy atom. The molecule has 2 rings (SSSR count). The van der Waals surface area contributed by atoms with Crippen LogP contribution in [0.3, 0.4) is 0 Å². The number of rotatable bonds is 4. The van der Waals surface area contributed by atoms with Gasteiger partial charge in [0.15, 0.2) is 0 Å². The van der Waals surface area contributed by atoms with E-state index in [1.165, 1.54) is 23.6 Å². The van der Waals surface area contributed by atoms with E-state index >= 15 is 0 Å². The monoisotopic (exact) mass is 301 g/mol. The maximum atomic E-state index is 12.5. The lowest BCUT2D eigenvalue weighted by atomic mass is 9.89. The molecular weight excluding hydrogens is 282 g/mol. The summed E-state index contributed by atoms with van der Waals surface area (Å²) in [5, 5.41) is 0.290. The van der Waals surface area contributed by atoms with Crippen molar-refractivity contribution in [3.8, 4) is 0 Å². The molecule has 0 N–H and O–H groups in total. The Kier molecular flexibility index (Phi) is 4.87. The second-order valence-corrected chi connectivity index (χ2v) is 7.64. The van der Waals surface area contributed by atoms with Crippen molar-refractivity contribution in [1.29, 1.82) is 0 Å². The molecule has 0 aromatic heterocycles. The minimum atomic E-state index is -3.47. The van der Waals surface area contributed by atoms with Gasteiger partial charge in [-0.2, -0.15) is 0 Å². The molecule has 1 aliphatic carbocycles. The second-order valence-electron chi connectivity index (χ2n) is 5.22. The quantitative estimate of drug-likeness (QED) is 0.853. The van der Waals surface area contributed by atoms with Crippen LogP contribution < -0.4 is 0 Å². The summed E-state index contributed by atoms with van der Waals surface area (Å²) >= 11 is 5.99. The molecule has 5 heteroatoms. The Hall–Kier alpha value is -0.580. The van der Waals surface area contributed by atoms with Crippen LogP contribution in [-0.2, 0) is 10.0 Å². The van der Waals surface area contributed by atoms with E-state index in [1.807, 2.05) is 0 Å². The maximum Gasteiger partial charge on any atom is 0.244 e. The Labute approximate surface area is 120 Å². The molecule has 19 heavy (non-hydrogen) atoms. The lowest BCUT2D eigenvalue weighted by Gasteiger charge is -2.26. The predicted molar refractivity (Wildman–Crippen MR) is 77.8 cm³/mol. The third kappa shape index (κ3) is 3.50. The molecule has 1 aromatic carbocycles. The van der Waals surface area contributed by atoms with Gasteiger partial charge in [0.05, 0.1) is 5.02 Å². The highest BCUT2D eigenvalue weighted by atomic mass is 35.5. The minimum Gasteiger partial charge on any atom is -0.207 e. The Bertz CT molecular complexity index is 524. The summed E-state index contributed by atoms with van der Waals surface area (Å²) in [6.45, 7) is 0.591. The van der Waals surface area contributed by atoms with E-state index in [9.17, 15) is 8.42 Å². The number of sulfonamides is 1. The van der Waals surface area contributed by atoms with E-state index in [0.717, 1.165) is 12.8 Å². The molecule has 0 unspecified atom stereocenters. The molecule has 0 spiro atoms. The maximum absolute atomic E-state index is 12.5. The lowest BCUT2D eigenvalue weighted by Crippen LogP contribution is -2.32. The average Bonchev–Trinajstić information content (AvgIpc) is 2.40. The summed E-state index contributed by atoms with van der Waals surface area (Å²) in [6.07, 6.45) is 5.96. The fourth-order valence-corrected chi connectivity index (χ4v) is 4.39. The van der Waals surface area contributed by atoms with Crippen molar-refractivity contribution in [3.63, 3.8) is 0 Å². The number of nitrogens with zero attached hydrogens (tertiary/aromatic N) is 1. The topological polar surface area (TPSA) is 37.4 Å². The molecule has 0 atom stereocenters. The van der Waals surface area contributed by atoms with E-state index in [2.05, 4.69) is 0 Å². The van der Waals surface area contributed by atoms with Crippen LogP contribution in [0, 0.1) is 5.92 Å². The van der Waals surface area contributed by atoms with Crippen molar-refractivity contribution in [2.45, 2.75) is 37.0 Å². The van der Waals surface area contributed by atoms with Crippen molar-refractivity contribution in [2.24, 2.45) is 5.92 Å². The standard InChI is InChI=1S/C14H20ClNO2S/c1-16(11-12-7-3-2-4-8-12)19(17,18)14-10-6-5-9-13(14)15/h5-6,9-10,12H,2-4,7-8,11H2,1H3. The van der Waals surface area contributed by atoms with Crippen molar-refractivity contribution in [3.05, 3.63) is 29.3 Å². The SMILES string of the molecule is CN(CC1CCCCC1)S(=O)(=O)c1ccccc1Cl. The zero-order valence-corrected chi connectivity index (χ0v) is 12.8. The van der Waals surface area contributed by atoms with Crippen molar-refractivity contribution in [1.82, 2.24) is 4.31 Å². The van der Waals surface area contributed by atoms with Crippen molar-refractivity contribution >= 4 is 21.6 Å². The Balaban J connectivity index is 2.13. The van der Waals surface area contributed by atoms with Crippen LogP contribution in [0.15, 0.2) is 29.2 Å². The fourth-order valence-electron chi connectivity index (χ4n) is 2.65. The van der Waals surface area contributed by atoms with E-state index in [4.69, 9.17) is 11.6 Å². The summed E-state index contributed by atoms with van der Waals surface area (Å²) in [7, 11) is -1.82. The van der Waals surface area contributed by atoms with Gasteiger partial charge < -0.3 is 0 Å². The van der Waals surface area contributed by atoms with Crippen LogP contribution in [-0.4, -0.2) is 26.3 Å². The van der Waals surface area contributed by atoms with Crippen molar-refractivity contribution < 1.29 is 8.42 Å². The molecule has 0 aliphatic heterocycles. The first-order valence-corrected chi connectivity index (χ1v) is 8.54. The van der Waals surface area contributed by atoms with E-state index in [0.29, 0.717) is 12.5 Å². The van der Waals surface area contributed by atoms with Crippen molar-refractivity contribution in [2.75, 3.05) is 13.6 Å².